The van der Waals surface area contributed by atoms with Crippen LogP contribution >= 0.6 is 34.8 Å². The molecular weight excluding hydrogens is 547 g/mol. The molecule has 3 aromatic rings. The predicted octanol–water partition coefficient (Wildman–Crippen LogP) is 4.38. The van der Waals surface area contributed by atoms with Crippen molar-refractivity contribution in [2.45, 2.75) is 0 Å². The van der Waals surface area contributed by atoms with Crippen LogP contribution in [0.3, 0.4) is 0 Å². The molecule has 0 spiro atoms. The van der Waals surface area contributed by atoms with Gasteiger partial charge in [-0.1, -0.05) is 18.2 Å². The summed E-state index contributed by atoms with van der Waals surface area (Å²) in [4.78, 5) is 29.1. The molecular formula is C25H23IN4O2S. The lowest BCUT2D eigenvalue weighted by Gasteiger charge is -2.36. The number of piperazine rings is 1. The minimum Gasteiger partial charge on any atom is -0.368 e. The highest BCUT2D eigenvalue weighted by Gasteiger charge is 2.22. The Balaban J connectivity index is 1.28. The molecule has 2 amide bonds. The number of benzene rings is 3. The molecule has 0 aliphatic carbocycles. The zero-order valence-electron chi connectivity index (χ0n) is 17.8. The Labute approximate surface area is 212 Å². The minimum atomic E-state index is -0.247. The Morgan fingerprint density at radius 1 is 0.788 bits per heavy atom. The van der Waals surface area contributed by atoms with Crippen LogP contribution in [-0.2, 0) is 0 Å². The van der Waals surface area contributed by atoms with E-state index in [1.165, 1.54) is 0 Å². The molecule has 4 rings (SSSR count). The van der Waals surface area contributed by atoms with Gasteiger partial charge in [-0.15, -0.1) is 0 Å². The van der Waals surface area contributed by atoms with Crippen LogP contribution in [-0.4, -0.2) is 48.0 Å². The highest BCUT2D eigenvalue weighted by molar-refractivity contribution is 14.1. The van der Waals surface area contributed by atoms with Crippen molar-refractivity contribution < 1.29 is 9.59 Å². The van der Waals surface area contributed by atoms with Gasteiger partial charge in [0.15, 0.2) is 5.11 Å². The largest absolute Gasteiger partial charge is 0.368 e. The molecule has 6 nitrogen and oxygen atoms in total. The van der Waals surface area contributed by atoms with Gasteiger partial charge < -0.3 is 15.1 Å². The lowest BCUT2D eigenvalue weighted by molar-refractivity contribution is 0.0746. The van der Waals surface area contributed by atoms with Crippen LogP contribution in [0, 0.1) is 3.57 Å². The van der Waals surface area contributed by atoms with Crippen LogP contribution in [0.4, 0.5) is 11.4 Å². The first-order valence-corrected chi connectivity index (χ1v) is 12.1. The van der Waals surface area contributed by atoms with Gasteiger partial charge >= 0.3 is 0 Å². The molecule has 3 aromatic carbocycles. The summed E-state index contributed by atoms with van der Waals surface area (Å²) in [6.07, 6.45) is 0. The average molecular weight is 570 g/mol. The van der Waals surface area contributed by atoms with Crippen molar-refractivity contribution in [3.05, 3.63) is 93.6 Å². The number of thiocarbonyl (C=S) groups is 1. The quantitative estimate of drug-likeness (QED) is 0.360. The second-order valence-corrected chi connectivity index (χ2v) is 9.26. The van der Waals surface area contributed by atoms with Crippen LogP contribution < -0.4 is 15.5 Å². The summed E-state index contributed by atoms with van der Waals surface area (Å²) in [5.74, 6) is -0.168. The number of amides is 2. The molecule has 0 radical (unpaired) electrons. The molecule has 1 aliphatic heterocycles. The first-order chi connectivity index (χ1) is 16.0. The Kier molecular flexibility index (Phi) is 7.56. The van der Waals surface area contributed by atoms with Crippen molar-refractivity contribution in [1.82, 2.24) is 10.2 Å². The van der Waals surface area contributed by atoms with Crippen LogP contribution in [0.2, 0.25) is 0 Å². The maximum Gasteiger partial charge on any atom is 0.257 e. The van der Waals surface area contributed by atoms with Crippen LogP contribution in [0.25, 0.3) is 0 Å². The fraction of sp³-hybridized carbons (Fsp3) is 0.160. The number of carbonyl (C=O) groups excluding carboxylic acids is 2. The third-order valence-corrected chi connectivity index (χ3v) is 6.33. The fourth-order valence-electron chi connectivity index (χ4n) is 3.63. The Morgan fingerprint density at radius 2 is 1.42 bits per heavy atom. The number of anilines is 2. The number of hydrogen-bond donors (Lipinski definition) is 2. The van der Waals surface area contributed by atoms with Crippen molar-refractivity contribution >= 4 is 63.1 Å². The van der Waals surface area contributed by atoms with E-state index < -0.39 is 0 Å². The molecule has 0 bridgehead atoms. The summed E-state index contributed by atoms with van der Waals surface area (Å²) < 4.78 is 1.06. The van der Waals surface area contributed by atoms with Gasteiger partial charge in [-0.05, 0) is 95.5 Å². The zero-order chi connectivity index (χ0) is 23.2. The van der Waals surface area contributed by atoms with Crippen LogP contribution in [0.15, 0.2) is 78.9 Å². The Bertz CT molecular complexity index is 1130. The molecule has 0 aromatic heterocycles. The van der Waals surface area contributed by atoms with Crippen molar-refractivity contribution in [3.63, 3.8) is 0 Å². The molecule has 2 N–H and O–H groups in total. The van der Waals surface area contributed by atoms with Gasteiger partial charge in [0.25, 0.3) is 11.8 Å². The predicted molar refractivity (Wildman–Crippen MR) is 144 cm³/mol. The summed E-state index contributed by atoms with van der Waals surface area (Å²) >= 11 is 7.48. The van der Waals surface area contributed by atoms with E-state index in [0.29, 0.717) is 18.7 Å². The van der Waals surface area contributed by atoms with Gasteiger partial charge in [0.05, 0.1) is 0 Å². The number of nitrogens with zero attached hydrogens (tertiary/aromatic N) is 2. The number of halogens is 1. The highest BCUT2D eigenvalue weighted by atomic mass is 127. The van der Waals surface area contributed by atoms with E-state index in [4.69, 9.17) is 12.2 Å². The first kappa shape index (κ1) is 23.2. The van der Waals surface area contributed by atoms with Crippen molar-refractivity contribution in [3.8, 4) is 0 Å². The standard InChI is InChI=1S/C25H23IN4O2S/c26-20-8-6-18(7-9-20)23(31)28-25(33)27-21-10-12-22(13-11-21)29-14-16-30(17-15-29)24(32)19-4-2-1-3-5-19/h1-13H,14-17H2,(H2,27,28,31,33). The third kappa shape index (κ3) is 6.08. The molecule has 1 saturated heterocycles. The number of rotatable bonds is 4. The van der Waals surface area contributed by atoms with Gasteiger partial charge in [-0.2, -0.15) is 0 Å². The zero-order valence-corrected chi connectivity index (χ0v) is 20.8. The van der Waals surface area contributed by atoms with Gasteiger partial charge in [0.2, 0.25) is 0 Å². The van der Waals surface area contributed by atoms with Gasteiger partial charge in [0, 0.05) is 52.3 Å². The highest BCUT2D eigenvalue weighted by Crippen LogP contribution is 2.20. The van der Waals surface area contributed by atoms with Crippen LogP contribution in [0.1, 0.15) is 20.7 Å². The van der Waals surface area contributed by atoms with Crippen molar-refractivity contribution in [1.29, 1.82) is 0 Å². The van der Waals surface area contributed by atoms with Gasteiger partial charge in [-0.25, -0.2) is 0 Å². The SMILES string of the molecule is O=C(NC(=S)Nc1ccc(N2CCN(C(=O)c3ccccc3)CC2)cc1)c1ccc(I)cc1. The average Bonchev–Trinajstić information content (AvgIpc) is 2.85. The summed E-state index contributed by atoms with van der Waals surface area (Å²) in [5.41, 5.74) is 3.16. The lowest BCUT2D eigenvalue weighted by Crippen LogP contribution is -2.48. The normalized spacial score (nSPS) is 13.4. The molecule has 0 saturated carbocycles. The molecule has 1 heterocycles. The monoisotopic (exact) mass is 570 g/mol. The first-order valence-electron chi connectivity index (χ1n) is 10.6. The summed E-state index contributed by atoms with van der Waals surface area (Å²) in [7, 11) is 0. The van der Waals surface area contributed by atoms with Crippen molar-refractivity contribution in [2.75, 3.05) is 36.4 Å². The lowest BCUT2D eigenvalue weighted by atomic mass is 10.1. The Morgan fingerprint density at radius 3 is 2.06 bits per heavy atom. The molecule has 1 aliphatic rings. The fourth-order valence-corrected chi connectivity index (χ4v) is 4.20. The maximum absolute atomic E-state index is 12.6. The topological polar surface area (TPSA) is 64.7 Å². The van der Waals surface area contributed by atoms with E-state index in [1.54, 1.807) is 12.1 Å². The summed E-state index contributed by atoms with van der Waals surface area (Å²) in [6, 6.07) is 24.6. The number of nitrogens with one attached hydrogen (secondary N) is 2. The van der Waals surface area contributed by atoms with Crippen LogP contribution in [0.5, 0.6) is 0 Å². The van der Waals surface area contributed by atoms with Gasteiger partial charge in [-0.3, -0.25) is 14.9 Å². The molecule has 33 heavy (non-hydrogen) atoms. The van der Waals surface area contributed by atoms with E-state index in [-0.39, 0.29) is 16.9 Å². The second-order valence-electron chi connectivity index (χ2n) is 7.61. The maximum atomic E-state index is 12.6. The van der Waals surface area contributed by atoms with Crippen molar-refractivity contribution in [2.24, 2.45) is 0 Å². The van der Waals surface area contributed by atoms with E-state index in [1.807, 2.05) is 71.6 Å². The molecule has 0 atom stereocenters. The second kappa shape index (κ2) is 10.8. The number of hydrogen-bond acceptors (Lipinski definition) is 4. The molecule has 168 valence electrons. The van der Waals surface area contributed by atoms with E-state index in [9.17, 15) is 9.59 Å². The summed E-state index contributed by atoms with van der Waals surface area (Å²) in [5, 5.41) is 6.00. The van der Waals surface area contributed by atoms with E-state index >= 15 is 0 Å². The minimum absolute atomic E-state index is 0.0793. The molecule has 8 heteroatoms. The van der Waals surface area contributed by atoms with E-state index in [2.05, 4.69) is 38.1 Å². The molecule has 1 fully saturated rings. The van der Waals surface area contributed by atoms with Gasteiger partial charge in [0.1, 0.15) is 0 Å². The number of carbonyl (C=O) groups is 2. The summed E-state index contributed by atoms with van der Waals surface area (Å²) in [6.45, 7) is 2.91. The third-order valence-electron chi connectivity index (χ3n) is 5.41. The Hall–Kier alpha value is -2.98. The van der Waals surface area contributed by atoms with E-state index in [0.717, 1.165) is 33.6 Å². The smallest absolute Gasteiger partial charge is 0.257 e. The molecule has 0 unspecified atom stereocenters.